The third-order valence-corrected chi connectivity index (χ3v) is 6.12. The molecule has 2 fully saturated rings. The lowest BCUT2D eigenvalue weighted by molar-refractivity contribution is 0.109. The summed E-state index contributed by atoms with van der Waals surface area (Å²) in [7, 11) is 0. The minimum Gasteiger partial charge on any atom is -0.376 e. The number of benzene rings is 1. The number of rotatable bonds is 3. The first-order valence-electron chi connectivity index (χ1n) is 10.0. The fourth-order valence-electron chi connectivity index (χ4n) is 4.47. The highest BCUT2D eigenvalue weighted by atomic mass is 16.5. The second-order valence-corrected chi connectivity index (χ2v) is 8.04. The van der Waals surface area contributed by atoms with Crippen LogP contribution in [-0.2, 0) is 17.8 Å². The molecule has 1 aliphatic carbocycles. The van der Waals surface area contributed by atoms with E-state index < -0.39 is 0 Å². The van der Waals surface area contributed by atoms with Gasteiger partial charge in [-0.05, 0) is 31.0 Å². The first kappa shape index (κ1) is 16.1. The average Bonchev–Trinajstić information content (AvgIpc) is 3.48. The molecule has 0 radical (unpaired) electrons. The third-order valence-electron chi connectivity index (χ3n) is 6.12. The smallest absolute Gasteiger partial charge is 0.146 e. The molecule has 6 rings (SSSR count). The van der Waals surface area contributed by atoms with E-state index in [4.69, 9.17) is 14.7 Å². The molecule has 1 saturated carbocycles. The number of nitrogens with zero attached hydrogens (tertiary/aromatic N) is 5. The lowest BCUT2D eigenvalue weighted by Crippen LogP contribution is -2.49. The fourth-order valence-corrected chi connectivity index (χ4v) is 4.47. The molecule has 0 amide bonds. The Balaban J connectivity index is 1.33. The third kappa shape index (κ3) is 2.43. The molecule has 0 unspecified atom stereocenters. The van der Waals surface area contributed by atoms with Crippen LogP contribution < -0.4 is 4.90 Å². The van der Waals surface area contributed by atoms with Crippen LogP contribution in [-0.4, -0.2) is 34.2 Å². The Morgan fingerprint density at radius 3 is 2.82 bits per heavy atom. The van der Waals surface area contributed by atoms with E-state index in [9.17, 15) is 5.26 Å². The van der Waals surface area contributed by atoms with E-state index in [1.807, 2.05) is 6.07 Å². The van der Waals surface area contributed by atoms with E-state index in [2.05, 4.69) is 39.8 Å². The van der Waals surface area contributed by atoms with Gasteiger partial charge in [0.25, 0.3) is 0 Å². The summed E-state index contributed by atoms with van der Waals surface area (Å²) in [6.07, 6.45) is 3.31. The zero-order valence-electron chi connectivity index (χ0n) is 15.6. The lowest BCUT2D eigenvalue weighted by atomic mass is 10.0. The minimum absolute atomic E-state index is 0.385. The monoisotopic (exact) mass is 371 g/mol. The summed E-state index contributed by atoms with van der Waals surface area (Å²) in [5.41, 5.74) is 5.11. The van der Waals surface area contributed by atoms with Gasteiger partial charge in [-0.15, -0.1) is 0 Å². The molecular formula is C22H21N5O. The number of hydrogen-bond acceptors (Lipinski definition) is 5. The topological polar surface area (TPSA) is 67.0 Å². The second-order valence-electron chi connectivity index (χ2n) is 8.04. The number of hydrogen-bond donors (Lipinski definition) is 0. The molecule has 28 heavy (non-hydrogen) atoms. The van der Waals surface area contributed by atoms with E-state index in [1.165, 1.54) is 24.2 Å². The van der Waals surface area contributed by atoms with Gasteiger partial charge in [-0.1, -0.05) is 12.1 Å². The summed E-state index contributed by atoms with van der Waals surface area (Å²) >= 11 is 0. The van der Waals surface area contributed by atoms with Crippen molar-refractivity contribution in [3.8, 4) is 6.07 Å². The van der Waals surface area contributed by atoms with Crippen molar-refractivity contribution in [1.29, 1.82) is 5.26 Å². The van der Waals surface area contributed by atoms with Gasteiger partial charge >= 0.3 is 0 Å². The maximum Gasteiger partial charge on any atom is 0.146 e. The Bertz CT molecular complexity index is 1120. The Morgan fingerprint density at radius 2 is 2.00 bits per heavy atom. The molecule has 0 bridgehead atoms. The van der Waals surface area contributed by atoms with Crippen molar-refractivity contribution >= 4 is 16.9 Å². The van der Waals surface area contributed by atoms with Crippen LogP contribution in [0.2, 0.25) is 0 Å². The molecule has 0 N–H and O–H groups in total. The molecule has 3 aliphatic rings. The number of para-hydroxylation sites is 2. The first-order chi connectivity index (χ1) is 13.8. The van der Waals surface area contributed by atoms with Crippen LogP contribution in [0, 0.1) is 11.3 Å². The predicted octanol–water partition coefficient (Wildman–Crippen LogP) is 3.31. The van der Waals surface area contributed by atoms with Crippen LogP contribution in [0.25, 0.3) is 11.0 Å². The highest BCUT2D eigenvalue weighted by molar-refractivity contribution is 5.76. The molecule has 6 heteroatoms. The van der Waals surface area contributed by atoms with Crippen LogP contribution in [0.1, 0.15) is 47.4 Å². The van der Waals surface area contributed by atoms with Crippen LogP contribution in [0.3, 0.4) is 0 Å². The Hall–Kier alpha value is -2.91. The quantitative estimate of drug-likeness (QED) is 0.707. The van der Waals surface area contributed by atoms with Gasteiger partial charge in [-0.3, -0.25) is 0 Å². The van der Waals surface area contributed by atoms with Gasteiger partial charge in [0.15, 0.2) is 0 Å². The standard InChI is InChI=1S/C22H21N5O/c23-10-15-9-16-13-28-8-7-18(16)24-21(15)26-11-17(12-26)27-20-4-2-1-3-19(20)25-22(27)14-5-6-14/h1-4,9,14,17H,5-8,11-13H2. The molecule has 1 aromatic carbocycles. The molecule has 3 aromatic rings. The number of pyridine rings is 1. The SMILES string of the molecule is N#Cc1cc2c(nc1N1CC(n3c(C4CC4)nc4ccccc43)C1)CCOC2. The maximum absolute atomic E-state index is 9.63. The molecular weight excluding hydrogens is 350 g/mol. The molecule has 2 aromatic heterocycles. The number of imidazole rings is 1. The van der Waals surface area contributed by atoms with Gasteiger partial charge in [0.05, 0.1) is 41.5 Å². The molecule has 1 saturated heterocycles. The van der Waals surface area contributed by atoms with Gasteiger partial charge < -0.3 is 14.2 Å². The van der Waals surface area contributed by atoms with E-state index in [-0.39, 0.29) is 0 Å². The molecule has 0 atom stereocenters. The van der Waals surface area contributed by atoms with Crippen LogP contribution in [0.4, 0.5) is 5.82 Å². The highest BCUT2D eigenvalue weighted by Crippen LogP contribution is 2.43. The van der Waals surface area contributed by atoms with Gasteiger partial charge in [0, 0.05) is 31.0 Å². The summed E-state index contributed by atoms with van der Waals surface area (Å²) in [5.74, 6) is 2.68. The van der Waals surface area contributed by atoms with Crippen LogP contribution in [0.5, 0.6) is 0 Å². The van der Waals surface area contributed by atoms with Crippen LogP contribution in [0.15, 0.2) is 30.3 Å². The Kier molecular flexibility index (Phi) is 3.47. The number of nitriles is 1. The highest BCUT2D eigenvalue weighted by Gasteiger charge is 2.37. The predicted molar refractivity (Wildman–Crippen MR) is 105 cm³/mol. The van der Waals surface area contributed by atoms with Crippen molar-refractivity contribution in [2.45, 2.75) is 37.8 Å². The summed E-state index contributed by atoms with van der Waals surface area (Å²) < 4.78 is 7.96. The zero-order chi connectivity index (χ0) is 18.7. The minimum atomic E-state index is 0.385. The first-order valence-corrected chi connectivity index (χ1v) is 10.0. The fraction of sp³-hybridized carbons (Fsp3) is 0.409. The molecule has 0 spiro atoms. The summed E-state index contributed by atoms with van der Waals surface area (Å²) in [5, 5.41) is 9.63. The average molecular weight is 371 g/mol. The van der Waals surface area contributed by atoms with E-state index in [0.717, 1.165) is 42.1 Å². The van der Waals surface area contributed by atoms with E-state index in [1.54, 1.807) is 0 Å². The van der Waals surface area contributed by atoms with E-state index >= 15 is 0 Å². The van der Waals surface area contributed by atoms with Crippen molar-refractivity contribution in [1.82, 2.24) is 14.5 Å². The summed E-state index contributed by atoms with van der Waals surface area (Å²) in [6, 6.07) is 13.1. The summed E-state index contributed by atoms with van der Waals surface area (Å²) in [6.45, 7) is 3.01. The molecule has 2 aliphatic heterocycles. The van der Waals surface area contributed by atoms with Crippen molar-refractivity contribution in [2.24, 2.45) is 0 Å². The van der Waals surface area contributed by atoms with Crippen LogP contribution >= 0.6 is 0 Å². The van der Waals surface area contributed by atoms with Gasteiger partial charge in [-0.2, -0.15) is 5.26 Å². The zero-order valence-corrected chi connectivity index (χ0v) is 15.6. The number of fused-ring (bicyclic) bond motifs is 2. The number of aromatic nitrogens is 3. The second kappa shape index (κ2) is 6.05. The Morgan fingerprint density at radius 1 is 1.14 bits per heavy atom. The van der Waals surface area contributed by atoms with Crippen molar-refractivity contribution < 1.29 is 4.74 Å². The molecule has 4 heterocycles. The maximum atomic E-state index is 9.63. The largest absolute Gasteiger partial charge is 0.376 e. The van der Waals surface area contributed by atoms with Crippen molar-refractivity contribution in [2.75, 3.05) is 24.6 Å². The lowest BCUT2D eigenvalue weighted by Gasteiger charge is -2.42. The number of ether oxygens (including phenoxy) is 1. The molecule has 6 nitrogen and oxygen atoms in total. The van der Waals surface area contributed by atoms with Gasteiger partial charge in [-0.25, -0.2) is 9.97 Å². The van der Waals surface area contributed by atoms with Gasteiger partial charge in [0.1, 0.15) is 17.7 Å². The van der Waals surface area contributed by atoms with E-state index in [0.29, 0.717) is 30.7 Å². The van der Waals surface area contributed by atoms with Crippen molar-refractivity contribution in [3.05, 3.63) is 53.0 Å². The number of anilines is 1. The Labute approximate surface area is 163 Å². The normalized spacial score (nSPS) is 19.3. The van der Waals surface area contributed by atoms with Crippen molar-refractivity contribution in [3.63, 3.8) is 0 Å². The summed E-state index contributed by atoms with van der Waals surface area (Å²) in [4.78, 5) is 12.0. The molecule has 140 valence electrons. The van der Waals surface area contributed by atoms with Gasteiger partial charge in [0.2, 0.25) is 0 Å².